The zero-order valence-electron chi connectivity index (χ0n) is 12.2. The van der Waals surface area contributed by atoms with Crippen molar-refractivity contribution in [3.8, 4) is 0 Å². The quantitative estimate of drug-likeness (QED) is 0.751. The molecule has 0 atom stereocenters. The number of hydrogen-bond donors (Lipinski definition) is 1. The number of rotatable bonds is 6. The number of hydrogen-bond acceptors (Lipinski definition) is 2. The van der Waals surface area contributed by atoms with E-state index in [1.165, 1.54) is 30.6 Å². The van der Waals surface area contributed by atoms with Gasteiger partial charge in [0.2, 0.25) is 0 Å². The predicted octanol–water partition coefficient (Wildman–Crippen LogP) is 3.07. The molecule has 4 heteroatoms. The van der Waals surface area contributed by atoms with E-state index < -0.39 is 5.54 Å². The summed E-state index contributed by atoms with van der Waals surface area (Å²) in [6.45, 7) is 4.51. The first-order valence-electron chi connectivity index (χ1n) is 7.77. The van der Waals surface area contributed by atoms with Crippen LogP contribution in [0.1, 0.15) is 65.2 Å². The van der Waals surface area contributed by atoms with Crippen molar-refractivity contribution < 1.29 is 9.59 Å². The van der Waals surface area contributed by atoms with Crippen LogP contribution in [0.15, 0.2) is 0 Å². The number of urea groups is 1. The Morgan fingerprint density at radius 3 is 2.37 bits per heavy atom. The van der Waals surface area contributed by atoms with Gasteiger partial charge in [-0.15, -0.1) is 0 Å². The first kappa shape index (κ1) is 14.4. The molecule has 0 radical (unpaired) electrons. The van der Waals surface area contributed by atoms with Crippen molar-refractivity contribution in [3.63, 3.8) is 0 Å². The van der Waals surface area contributed by atoms with Gasteiger partial charge >= 0.3 is 6.03 Å². The van der Waals surface area contributed by atoms with Gasteiger partial charge in [0.15, 0.2) is 0 Å². The van der Waals surface area contributed by atoms with Gasteiger partial charge in [0, 0.05) is 6.54 Å². The highest BCUT2D eigenvalue weighted by Crippen LogP contribution is 2.29. The Kier molecular flexibility index (Phi) is 4.48. The molecular weight excluding hydrogens is 240 g/mol. The first-order valence-corrected chi connectivity index (χ1v) is 7.77. The first-order chi connectivity index (χ1) is 9.13. The van der Waals surface area contributed by atoms with Gasteiger partial charge in [-0.3, -0.25) is 9.69 Å². The van der Waals surface area contributed by atoms with E-state index in [4.69, 9.17) is 0 Å². The molecule has 1 aliphatic carbocycles. The van der Waals surface area contributed by atoms with E-state index in [1.807, 2.05) is 13.8 Å². The monoisotopic (exact) mass is 266 g/mol. The lowest BCUT2D eigenvalue weighted by Gasteiger charge is -2.23. The lowest BCUT2D eigenvalue weighted by Crippen LogP contribution is -2.45. The molecule has 108 valence electrons. The topological polar surface area (TPSA) is 49.4 Å². The molecule has 2 fully saturated rings. The fourth-order valence-electron chi connectivity index (χ4n) is 3.45. The minimum Gasteiger partial charge on any atom is -0.323 e. The van der Waals surface area contributed by atoms with Gasteiger partial charge in [-0.1, -0.05) is 39.5 Å². The van der Waals surface area contributed by atoms with E-state index in [9.17, 15) is 9.59 Å². The minimum absolute atomic E-state index is 0.0195. The van der Waals surface area contributed by atoms with Gasteiger partial charge in [-0.2, -0.15) is 0 Å². The van der Waals surface area contributed by atoms with Crippen LogP contribution in [0.25, 0.3) is 0 Å². The van der Waals surface area contributed by atoms with Crippen LogP contribution >= 0.6 is 0 Å². The van der Waals surface area contributed by atoms with Crippen molar-refractivity contribution in [1.82, 2.24) is 10.2 Å². The van der Waals surface area contributed by atoms with Crippen molar-refractivity contribution in [2.24, 2.45) is 5.92 Å². The third-order valence-electron chi connectivity index (χ3n) is 4.92. The molecule has 1 heterocycles. The molecule has 0 aromatic rings. The molecule has 1 aliphatic heterocycles. The highest BCUT2D eigenvalue weighted by Gasteiger charge is 2.48. The van der Waals surface area contributed by atoms with Crippen LogP contribution in [-0.4, -0.2) is 28.9 Å². The molecule has 0 bridgehead atoms. The molecule has 0 aromatic carbocycles. The average molecular weight is 266 g/mol. The number of nitrogens with one attached hydrogen (secondary N) is 1. The summed E-state index contributed by atoms with van der Waals surface area (Å²) in [5.74, 6) is 0.803. The summed E-state index contributed by atoms with van der Waals surface area (Å²) < 4.78 is 0. The summed E-state index contributed by atoms with van der Waals surface area (Å²) in [6, 6.07) is -0.194. The standard InChI is InChI=1S/C15H26N2O2/c1-3-15(4-2)13(18)17(14(19)16-15)11-7-10-12-8-5-6-9-12/h12H,3-11H2,1-2H3,(H,16,19). The molecule has 0 spiro atoms. The van der Waals surface area contributed by atoms with Gasteiger partial charge in [-0.25, -0.2) is 4.79 Å². The van der Waals surface area contributed by atoms with Gasteiger partial charge in [-0.05, 0) is 31.6 Å². The SMILES string of the molecule is CCC1(CC)NC(=O)N(CCCC2CCCC2)C1=O. The zero-order valence-corrected chi connectivity index (χ0v) is 12.2. The Morgan fingerprint density at radius 1 is 1.21 bits per heavy atom. The van der Waals surface area contributed by atoms with Crippen molar-refractivity contribution >= 4 is 11.9 Å². The van der Waals surface area contributed by atoms with Crippen LogP contribution in [0, 0.1) is 5.92 Å². The van der Waals surface area contributed by atoms with E-state index in [-0.39, 0.29) is 11.9 Å². The van der Waals surface area contributed by atoms with Crippen molar-refractivity contribution in [1.29, 1.82) is 0 Å². The van der Waals surface area contributed by atoms with Gasteiger partial charge in [0.25, 0.3) is 5.91 Å². The van der Waals surface area contributed by atoms with Crippen LogP contribution < -0.4 is 5.32 Å². The van der Waals surface area contributed by atoms with Crippen molar-refractivity contribution in [2.45, 2.75) is 70.8 Å². The number of imide groups is 1. The summed E-state index contributed by atoms with van der Waals surface area (Å²) in [5.41, 5.74) is -0.634. The molecule has 19 heavy (non-hydrogen) atoms. The zero-order chi connectivity index (χ0) is 13.9. The molecule has 0 unspecified atom stereocenters. The lowest BCUT2D eigenvalue weighted by molar-refractivity contribution is -0.131. The lowest BCUT2D eigenvalue weighted by atomic mass is 9.93. The third kappa shape index (κ3) is 2.77. The highest BCUT2D eigenvalue weighted by atomic mass is 16.2. The summed E-state index contributed by atoms with van der Waals surface area (Å²) in [7, 11) is 0. The van der Waals surface area contributed by atoms with E-state index in [2.05, 4.69) is 5.32 Å². The third-order valence-corrected chi connectivity index (χ3v) is 4.92. The Balaban J connectivity index is 1.86. The number of carbonyl (C=O) groups is 2. The molecule has 3 amide bonds. The van der Waals surface area contributed by atoms with Crippen LogP contribution in [0.5, 0.6) is 0 Å². The van der Waals surface area contributed by atoms with E-state index in [0.29, 0.717) is 19.4 Å². The average Bonchev–Trinajstić information content (AvgIpc) is 3.00. The Hall–Kier alpha value is -1.06. The van der Waals surface area contributed by atoms with Gasteiger partial charge < -0.3 is 5.32 Å². The molecule has 2 aliphatic rings. The molecular formula is C15H26N2O2. The highest BCUT2D eigenvalue weighted by molar-refractivity contribution is 6.06. The molecule has 1 saturated carbocycles. The summed E-state index contributed by atoms with van der Waals surface area (Å²) in [5, 5.41) is 2.88. The second-order valence-electron chi connectivity index (χ2n) is 5.97. The van der Waals surface area contributed by atoms with E-state index >= 15 is 0 Å². The Labute approximate surface area is 115 Å². The molecule has 0 aromatic heterocycles. The summed E-state index contributed by atoms with van der Waals surface area (Å²) >= 11 is 0. The van der Waals surface area contributed by atoms with Crippen molar-refractivity contribution in [2.75, 3.05) is 6.54 Å². The molecule has 1 saturated heterocycles. The smallest absolute Gasteiger partial charge is 0.323 e. The normalized spacial score (nSPS) is 23.2. The van der Waals surface area contributed by atoms with Crippen LogP contribution in [0.4, 0.5) is 4.79 Å². The maximum Gasteiger partial charge on any atom is 0.325 e. The number of carbonyl (C=O) groups excluding carboxylic acids is 2. The Bertz CT molecular complexity index is 344. The number of amides is 3. The van der Waals surface area contributed by atoms with Crippen LogP contribution in [0.2, 0.25) is 0 Å². The largest absolute Gasteiger partial charge is 0.325 e. The summed E-state index contributed by atoms with van der Waals surface area (Å²) in [6.07, 6.45) is 8.81. The van der Waals surface area contributed by atoms with Gasteiger partial charge in [0.05, 0.1) is 0 Å². The van der Waals surface area contributed by atoms with Gasteiger partial charge in [0.1, 0.15) is 5.54 Å². The Morgan fingerprint density at radius 2 is 1.84 bits per heavy atom. The maximum atomic E-state index is 12.4. The van der Waals surface area contributed by atoms with Crippen LogP contribution in [-0.2, 0) is 4.79 Å². The molecule has 1 N–H and O–H groups in total. The molecule has 2 rings (SSSR count). The fourth-order valence-corrected chi connectivity index (χ4v) is 3.45. The fraction of sp³-hybridized carbons (Fsp3) is 0.867. The minimum atomic E-state index is -0.634. The summed E-state index contributed by atoms with van der Waals surface area (Å²) in [4.78, 5) is 25.7. The maximum absolute atomic E-state index is 12.4. The second kappa shape index (κ2) is 5.93. The number of nitrogens with zero attached hydrogens (tertiary/aromatic N) is 1. The predicted molar refractivity (Wildman–Crippen MR) is 74.7 cm³/mol. The van der Waals surface area contributed by atoms with E-state index in [1.54, 1.807) is 0 Å². The second-order valence-corrected chi connectivity index (χ2v) is 5.97. The molecule has 4 nitrogen and oxygen atoms in total. The van der Waals surface area contributed by atoms with Crippen LogP contribution in [0.3, 0.4) is 0 Å². The van der Waals surface area contributed by atoms with E-state index in [0.717, 1.165) is 18.8 Å². The van der Waals surface area contributed by atoms with Crippen molar-refractivity contribution in [3.05, 3.63) is 0 Å².